The molecular weight excluding hydrogens is 360 g/mol. The highest BCUT2D eigenvalue weighted by molar-refractivity contribution is 7.86. The van der Waals surface area contributed by atoms with Crippen LogP contribution in [-0.4, -0.2) is 21.8 Å². The van der Waals surface area contributed by atoms with Gasteiger partial charge < -0.3 is 18.1 Å². The normalized spacial score (nSPS) is 11.3. The predicted octanol–water partition coefficient (Wildman–Crippen LogP) is 3.24. The maximum atomic E-state index is 12.8. The molecule has 0 aliphatic carbocycles. The third-order valence-corrected chi connectivity index (χ3v) is 4.01. The van der Waals surface area contributed by atoms with E-state index in [2.05, 4.69) is 0 Å². The Hall–Kier alpha value is -3.00. The van der Waals surface area contributed by atoms with Gasteiger partial charge in [-0.05, 0) is 31.2 Å². The third kappa shape index (κ3) is 3.65. The fourth-order valence-corrected chi connectivity index (χ4v) is 2.88. The fraction of sp³-hybridized carbons (Fsp3) is 0.167. The summed E-state index contributed by atoms with van der Waals surface area (Å²) in [6.07, 6.45) is 0.933. The number of benzene rings is 2. The summed E-state index contributed by atoms with van der Waals surface area (Å²) in [7, 11) is -2.18. The Morgan fingerprint density at radius 3 is 2.38 bits per heavy atom. The number of ether oxygens (including phenoxy) is 2. The van der Waals surface area contributed by atoms with Gasteiger partial charge in [0.25, 0.3) is 0 Å². The van der Waals surface area contributed by atoms with E-state index in [0.29, 0.717) is 11.5 Å². The zero-order valence-electron chi connectivity index (χ0n) is 14.3. The number of fused-ring (bicyclic) bond motifs is 1. The zero-order chi connectivity index (χ0) is 18.9. The molecule has 0 N–H and O–H groups in total. The number of hydrogen-bond donors (Lipinski definition) is 0. The van der Waals surface area contributed by atoms with Crippen molar-refractivity contribution in [1.29, 1.82) is 0 Å². The predicted molar refractivity (Wildman–Crippen MR) is 95.8 cm³/mol. The highest BCUT2D eigenvalue weighted by atomic mass is 32.2. The molecule has 0 amide bonds. The van der Waals surface area contributed by atoms with Crippen LogP contribution in [0.5, 0.6) is 23.0 Å². The van der Waals surface area contributed by atoms with Gasteiger partial charge in [0.2, 0.25) is 11.2 Å². The Labute approximate surface area is 149 Å². The lowest BCUT2D eigenvalue weighted by Gasteiger charge is -2.12. The molecule has 0 saturated carbocycles. The summed E-state index contributed by atoms with van der Waals surface area (Å²) in [6, 6.07) is 11.1. The molecule has 1 aromatic heterocycles. The summed E-state index contributed by atoms with van der Waals surface area (Å²) in [5, 5.41) is 0.237. The summed E-state index contributed by atoms with van der Waals surface area (Å²) >= 11 is 0. The van der Waals surface area contributed by atoms with Crippen LogP contribution in [0.2, 0.25) is 0 Å². The van der Waals surface area contributed by atoms with Gasteiger partial charge in [-0.1, -0.05) is 12.1 Å². The van der Waals surface area contributed by atoms with Crippen molar-refractivity contribution in [1.82, 2.24) is 0 Å². The van der Waals surface area contributed by atoms with Gasteiger partial charge >= 0.3 is 10.1 Å². The second kappa shape index (κ2) is 6.72. The molecule has 7 nitrogen and oxygen atoms in total. The van der Waals surface area contributed by atoms with Crippen molar-refractivity contribution in [3.63, 3.8) is 0 Å². The van der Waals surface area contributed by atoms with Crippen LogP contribution in [0.25, 0.3) is 11.0 Å². The number of aryl methyl sites for hydroxylation is 1. The molecule has 0 aliphatic rings. The molecule has 3 rings (SSSR count). The Kier molecular flexibility index (Phi) is 4.60. The minimum atomic E-state index is -3.68. The summed E-state index contributed by atoms with van der Waals surface area (Å²) in [4.78, 5) is 12.8. The number of para-hydroxylation sites is 2. The molecule has 0 aliphatic heterocycles. The van der Waals surface area contributed by atoms with Crippen molar-refractivity contribution in [2.75, 3.05) is 13.4 Å². The molecule has 3 aromatic rings. The highest BCUT2D eigenvalue weighted by Gasteiger charge is 2.17. The minimum absolute atomic E-state index is 0.0266. The zero-order valence-corrected chi connectivity index (χ0v) is 15.1. The molecule has 2 aromatic carbocycles. The molecule has 26 heavy (non-hydrogen) atoms. The summed E-state index contributed by atoms with van der Waals surface area (Å²) < 4.78 is 43.9. The van der Waals surface area contributed by atoms with E-state index in [9.17, 15) is 13.2 Å². The van der Waals surface area contributed by atoms with Crippen LogP contribution in [-0.2, 0) is 10.1 Å². The van der Waals surface area contributed by atoms with Crippen LogP contribution >= 0.6 is 0 Å². The largest absolute Gasteiger partial charge is 0.493 e. The molecule has 1 heterocycles. The van der Waals surface area contributed by atoms with Crippen molar-refractivity contribution in [3.05, 3.63) is 58.4 Å². The summed E-state index contributed by atoms with van der Waals surface area (Å²) in [5.74, 6) is 1.18. The lowest BCUT2D eigenvalue weighted by Crippen LogP contribution is -2.09. The number of methoxy groups -OCH3 is 1. The molecule has 0 fully saturated rings. The van der Waals surface area contributed by atoms with Gasteiger partial charge in [-0.3, -0.25) is 4.79 Å². The van der Waals surface area contributed by atoms with Crippen LogP contribution in [0.3, 0.4) is 0 Å². The molecule has 8 heteroatoms. The second-order valence-electron chi connectivity index (χ2n) is 5.51. The summed E-state index contributed by atoms with van der Waals surface area (Å²) in [5.41, 5.74) is -0.193. The van der Waals surface area contributed by atoms with E-state index in [1.165, 1.54) is 25.3 Å². The lowest BCUT2D eigenvalue weighted by atomic mass is 10.2. The lowest BCUT2D eigenvalue weighted by molar-refractivity contribution is 0.370. The van der Waals surface area contributed by atoms with Crippen molar-refractivity contribution in [2.24, 2.45) is 0 Å². The molecule has 0 radical (unpaired) electrons. The van der Waals surface area contributed by atoms with Crippen LogP contribution in [0, 0.1) is 6.92 Å². The molecule has 0 saturated heterocycles. The van der Waals surface area contributed by atoms with E-state index in [0.717, 1.165) is 6.26 Å². The monoisotopic (exact) mass is 376 g/mol. The van der Waals surface area contributed by atoms with Gasteiger partial charge in [-0.15, -0.1) is 0 Å². The van der Waals surface area contributed by atoms with Crippen LogP contribution < -0.4 is 19.1 Å². The standard InChI is InChI=1S/C18H16O7S/c1-11-18(24-15-7-5-4-6-14(15)22-2)17(19)13-9-8-12(10-16(13)23-11)25-26(3,20)21/h4-10H,1-3H3. The Morgan fingerprint density at radius 1 is 1.04 bits per heavy atom. The Morgan fingerprint density at radius 2 is 1.73 bits per heavy atom. The number of rotatable bonds is 5. The molecule has 0 atom stereocenters. The first kappa shape index (κ1) is 17.8. The van der Waals surface area contributed by atoms with Gasteiger partial charge in [-0.25, -0.2) is 0 Å². The van der Waals surface area contributed by atoms with Gasteiger partial charge in [0.1, 0.15) is 17.1 Å². The first-order valence-corrected chi connectivity index (χ1v) is 9.38. The van der Waals surface area contributed by atoms with Crippen LogP contribution in [0.1, 0.15) is 5.76 Å². The van der Waals surface area contributed by atoms with E-state index in [4.69, 9.17) is 18.1 Å². The maximum absolute atomic E-state index is 12.8. The number of hydrogen-bond acceptors (Lipinski definition) is 7. The Balaban J connectivity index is 2.08. The fourth-order valence-electron chi connectivity index (χ4n) is 2.43. The van der Waals surface area contributed by atoms with E-state index in [1.807, 2.05) is 0 Å². The highest BCUT2D eigenvalue weighted by Crippen LogP contribution is 2.32. The third-order valence-electron chi connectivity index (χ3n) is 3.52. The average Bonchev–Trinajstić information content (AvgIpc) is 2.57. The molecule has 0 bridgehead atoms. The molecule has 0 spiro atoms. The molecular formula is C18H16O7S. The van der Waals surface area contributed by atoms with Crippen molar-refractivity contribution < 1.29 is 26.5 Å². The first-order chi connectivity index (χ1) is 12.3. The Bertz CT molecular complexity index is 1130. The second-order valence-corrected chi connectivity index (χ2v) is 7.09. The van der Waals surface area contributed by atoms with Crippen molar-refractivity contribution in [2.45, 2.75) is 6.92 Å². The van der Waals surface area contributed by atoms with E-state index in [1.54, 1.807) is 31.2 Å². The van der Waals surface area contributed by atoms with Crippen LogP contribution in [0.4, 0.5) is 0 Å². The summed E-state index contributed by atoms with van der Waals surface area (Å²) in [6.45, 7) is 1.58. The van der Waals surface area contributed by atoms with Gasteiger partial charge in [0.05, 0.1) is 18.8 Å². The SMILES string of the molecule is COc1ccccc1Oc1c(C)oc2cc(OS(C)(=O)=O)ccc2c1=O. The minimum Gasteiger partial charge on any atom is -0.493 e. The van der Waals surface area contributed by atoms with Gasteiger partial charge in [0, 0.05) is 6.07 Å². The first-order valence-electron chi connectivity index (χ1n) is 7.56. The smallest absolute Gasteiger partial charge is 0.306 e. The maximum Gasteiger partial charge on any atom is 0.306 e. The van der Waals surface area contributed by atoms with Crippen LogP contribution in [0.15, 0.2) is 51.7 Å². The van der Waals surface area contributed by atoms with Gasteiger partial charge in [-0.2, -0.15) is 8.42 Å². The van der Waals surface area contributed by atoms with Crippen molar-refractivity contribution >= 4 is 21.1 Å². The quantitative estimate of drug-likeness (QED) is 0.631. The molecule has 136 valence electrons. The average molecular weight is 376 g/mol. The van der Waals surface area contributed by atoms with Gasteiger partial charge in [0.15, 0.2) is 11.5 Å². The molecule has 0 unspecified atom stereocenters. The van der Waals surface area contributed by atoms with E-state index in [-0.39, 0.29) is 33.7 Å². The topological polar surface area (TPSA) is 92.0 Å². The van der Waals surface area contributed by atoms with E-state index >= 15 is 0 Å². The van der Waals surface area contributed by atoms with E-state index < -0.39 is 10.1 Å². The van der Waals surface area contributed by atoms with Crippen molar-refractivity contribution in [3.8, 4) is 23.0 Å².